The molecule has 0 aliphatic carbocycles. The van der Waals surface area contributed by atoms with Gasteiger partial charge in [-0.2, -0.15) is 0 Å². The number of nitrogens with zero attached hydrogens (tertiary/aromatic N) is 1. The Labute approximate surface area is 164 Å². The molecule has 6 nitrogen and oxygen atoms in total. The zero-order valence-electron chi connectivity index (χ0n) is 15.9. The number of nitrogens with one attached hydrogen (secondary N) is 1. The number of carboxylic acids is 1. The number of aliphatic hydroxyl groups excluding tert-OH is 1. The summed E-state index contributed by atoms with van der Waals surface area (Å²) in [7, 11) is 0. The monoisotopic (exact) mass is 382 g/mol. The van der Waals surface area contributed by atoms with Crippen molar-refractivity contribution in [2.45, 2.75) is 37.8 Å². The summed E-state index contributed by atoms with van der Waals surface area (Å²) in [6.07, 6.45) is 0.497. The molecule has 1 aliphatic rings. The molecule has 1 aliphatic heterocycles. The van der Waals surface area contributed by atoms with Crippen LogP contribution >= 0.6 is 0 Å². The summed E-state index contributed by atoms with van der Waals surface area (Å²) < 4.78 is 0. The van der Waals surface area contributed by atoms with E-state index in [0.717, 1.165) is 12.8 Å². The average molecular weight is 382 g/mol. The highest BCUT2D eigenvalue weighted by Crippen LogP contribution is 2.30. The third kappa shape index (κ3) is 4.70. The van der Waals surface area contributed by atoms with Crippen LogP contribution in [0.15, 0.2) is 54.6 Å². The maximum absolute atomic E-state index is 12.3. The fourth-order valence-corrected chi connectivity index (χ4v) is 3.61. The van der Waals surface area contributed by atoms with Gasteiger partial charge < -0.3 is 20.4 Å². The van der Waals surface area contributed by atoms with Crippen LogP contribution < -0.4 is 5.32 Å². The lowest BCUT2D eigenvalue weighted by Gasteiger charge is -2.33. The van der Waals surface area contributed by atoms with Gasteiger partial charge in [0.25, 0.3) is 0 Å². The van der Waals surface area contributed by atoms with Gasteiger partial charge in [-0.05, 0) is 42.4 Å². The number of rotatable bonds is 5. The number of hydrogen-bond donors (Lipinski definition) is 3. The van der Waals surface area contributed by atoms with Crippen molar-refractivity contribution in [3.63, 3.8) is 0 Å². The van der Waals surface area contributed by atoms with Crippen LogP contribution in [-0.4, -0.2) is 52.3 Å². The van der Waals surface area contributed by atoms with Crippen LogP contribution in [0, 0.1) is 0 Å². The topological polar surface area (TPSA) is 89.9 Å². The second-order valence-corrected chi connectivity index (χ2v) is 7.26. The van der Waals surface area contributed by atoms with Gasteiger partial charge in [-0.25, -0.2) is 9.59 Å². The van der Waals surface area contributed by atoms with Crippen molar-refractivity contribution in [2.24, 2.45) is 0 Å². The number of urea groups is 1. The van der Waals surface area contributed by atoms with E-state index in [0.29, 0.717) is 19.0 Å². The molecule has 0 saturated carbocycles. The number of hydrogen-bond acceptors (Lipinski definition) is 3. The molecule has 6 heteroatoms. The summed E-state index contributed by atoms with van der Waals surface area (Å²) in [5, 5.41) is 21.0. The lowest BCUT2D eigenvalue weighted by atomic mass is 9.88. The van der Waals surface area contributed by atoms with Crippen molar-refractivity contribution in [2.75, 3.05) is 13.1 Å². The molecular formula is C22H26N2O4. The second-order valence-electron chi connectivity index (χ2n) is 7.26. The fraction of sp³-hybridized carbons (Fsp3) is 0.364. The number of piperidine rings is 1. The number of aliphatic hydroxyl groups is 1. The van der Waals surface area contributed by atoms with Crippen LogP contribution in [0.25, 0.3) is 11.1 Å². The molecule has 28 heavy (non-hydrogen) atoms. The summed E-state index contributed by atoms with van der Waals surface area (Å²) in [5.41, 5.74) is 3.62. The zero-order chi connectivity index (χ0) is 20.1. The van der Waals surface area contributed by atoms with E-state index in [1.165, 1.54) is 23.6 Å². The Morgan fingerprint density at radius 1 is 1.00 bits per heavy atom. The molecule has 3 N–H and O–H groups in total. The van der Waals surface area contributed by atoms with E-state index < -0.39 is 24.1 Å². The summed E-state index contributed by atoms with van der Waals surface area (Å²) in [6.45, 7) is 2.47. The maximum atomic E-state index is 12.3. The first-order chi connectivity index (χ1) is 13.5. The van der Waals surface area contributed by atoms with Crippen molar-refractivity contribution < 1.29 is 19.8 Å². The van der Waals surface area contributed by atoms with Gasteiger partial charge in [-0.15, -0.1) is 0 Å². The molecule has 0 radical (unpaired) electrons. The number of carbonyl (C=O) groups excluding carboxylic acids is 1. The smallest absolute Gasteiger partial charge is 0.328 e. The van der Waals surface area contributed by atoms with Gasteiger partial charge >= 0.3 is 12.0 Å². The zero-order valence-corrected chi connectivity index (χ0v) is 15.9. The minimum absolute atomic E-state index is 0.376. The molecule has 148 valence electrons. The van der Waals surface area contributed by atoms with Gasteiger partial charge in [0.05, 0.1) is 6.10 Å². The van der Waals surface area contributed by atoms with E-state index in [1.54, 1.807) is 4.90 Å². The Balaban J connectivity index is 1.56. The van der Waals surface area contributed by atoms with Gasteiger partial charge in [0, 0.05) is 13.1 Å². The molecule has 1 heterocycles. The highest BCUT2D eigenvalue weighted by atomic mass is 16.4. The third-order valence-corrected chi connectivity index (χ3v) is 5.30. The summed E-state index contributed by atoms with van der Waals surface area (Å²) in [4.78, 5) is 25.1. The van der Waals surface area contributed by atoms with Gasteiger partial charge in [-0.1, -0.05) is 54.6 Å². The highest BCUT2D eigenvalue weighted by Gasteiger charge is 2.29. The molecule has 2 aromatic rings. The molecule has 2 atom stereocenters. The van der Waals surface area contributed by atoms with E-state index in [2.05, 4.69) is 41.7 Å². The van der Waals surface area contributed by atoms with Crippen LogP contribution in [0.1, 0.15) is 31.2 Å². The minimum atomic E-state index is -1.30. The van der Waals surface area contributed by atoms with Crippen LogP contribution in [0.2, 0.25) is 0 Å². The predicted octanol–water partition coefficient (Wildman–Crippen LogP) is 3.08. The fourth-order valence-electron chi connectivity index (χ4n) is 3.61. The van der Waals surface area contributed by atoms with Gasteiger partial charge in [0.15, 0.2) is 6.04 Å². The molecule has 0 aromatic heterocycles. The van der Waals surface area contributed by atoms with E-state index in [1.807, 2.05) is 18.2 Å². The van der Waals surface area contributed by atoms with Crippen LogP contribution in [0.4, 0.5) is 4.79 Å². The summed E-state index contributed by atoms with van der Waals surface area (Å²) in [5.74, 6) is -0.863. The van der Waals surface area contributed by atoms with E-state index in [9.17, 15) is 14.7 Å². The number of likely N-dealkylation sites (tertiary alicyclic amines) is 1. The molecule has 2 aromatic carbocycles. The van der Waals surface area contributed by atoms with E-state index in [4.69, 9.17) is 5.11 Å². The van der Waals surface area contributed by atoms with Gasteiger partial charge in [0.1, 0.15) is 0 Å². The first kappa shape index (κ1) is 19.9. The van der Waals surface area contributed by atoms with E-state index in [-0.39, 0.29) is 0 Å². The Bertz CT molecular complexity index is 797. The molecule has 0 spiro atoms. The first-order valence-electron chi connectivity index (χ1n) is 9.57. The van der Waals surface area contributed by atoms with Crippen molar-refractivity contribution in [1.29, 1.82) is 0 Å². The standard InChI is InChI=1S/C22H26N2O4/c1-15(25)20(21(26)27)23-22(28)24-13-11-19(12-14-24)18-9-7-17(8-10-18)16-5-3-2-4-6-16/h2-10,15,19-20,25H,11-14H2,1H3,(H,23,28)(H,26,27)/t15-,20+/m1/s1. The predicted molar refractivity (Wildman–Crippen MR) is 107 cm³/mol. The quantitative estimate of drug-likeness (QED) is 0.741. The van der Waals surface area contributed by atoms with Crippen molar-refractivity contribution in [3.05, 3.63) is 60.2 Å². The second kappa shape index (κ2) is 8.89. The summed E-state index contributed by atoms with van der Waals surface area (Å²) >= 11 is 0. The van der Waals surface area contributed by atoms with E-state index >= 15 is 0 Å². The Morgan fingerprint density at radius 3 is 2.11 bits per heavy atom. The maximum Gasteiger partial charge on any atom is 0.328 e. The van der Waals surface area contributed by atoms with Crippen LogP contribution in [0.5, 0.6) is 0 Å². The lowest BCUT2D eigenvalue weighted by molar-refractivity contribution is -0.141. The Morgan fingerprint density at radius 2 is 1.57 bits per heavy atom. The van der Waals surface area contributed by atoms with Crippen LogP contribution in [0.3, 0.4) is 0 Å². The molecule has 0 bridgehead atoms. The van der Waals surface area contributed by atoms with Crippen molar-refractivity contribution in [3.8, 4) is 11.1 Å². The van der Waals surface area contributed by atoms with Gasteiger partial charge in [0.2, 0.25) is 0 Å². The van der Waals surface area contributed by atoms with Crippen molar-refractivity contribution in [1.82, 2.24) is 10.2 Å². The number of aliphatic carboxylic acids is 1. The average Bonchev–Trinajstić information content (AvgIpc) is 2.72. The normalized spacial score (nSPS) is 17.0. The number of benzene rings is 2. The third-order valence-electron chi connectivity index (χ3n) is 5.30. The van der Waals surface area contributed by atoms with Crippen LogP contribution in [-0.2, 0) is 4.79 Å². The molecule has 0 unspecified atom stereocenters. The molecule has 1 saturated heterocycles. The minimum Gasteiger partial charge on any atom is -0.480 e. The molecule has 3 rings (SSSR count). The Hall–Kier alpha value is -2.86. The Kier molecular flexibility index (Phi) is 6.31. The summed E-state index contributed by atoms with van der Waals surface area (Å²) in [6, 6.07) is 17.0. The number of amides is 2. The molecule has 2 amide bonds. The molecular weight excluding hydrogens is 356 g/mol. The lowest BCUT2D eigenvalue weighted by Crippen LogP contribution is -2.53. The SMILES string of the molecule is C[C@@H](O)[C@H](NC(=O)N1CCC(c2ccc(-c3ccccc3)cc2)CC1)C(=O)O. The molecule has 1 fully saturated rings. The van der Waals surface area contributed by atoms with Gasteiger partial charge in [-0.3, -0.25) is 0 Å². The number of carboxylic acid groups (broad SMARTS) is 1. The first-order valence-corrected chi connectivity index (χ1v) is 9.57. The largest absolute Gasteiger partial charge is 0.480 e. The highest BCUT2D eigenvalue weighted by molar-refractivity contribution is 5.83. The van der Waals surface area contributed by atoms with Crippen molar-refractivity contribution >= 4 is 12.0 Å². The number of carbonyl (C=O) groups is 2.